The third kappa shape index (κ3) is 3.24. The number of rotatable bonds is 2. The smallest absolute Gasteiger partial charge is 0.134 e. The second-order valence-electron chi connectivity index (χ2n) is 5.84. The zero-order valence-electron chi connectivity index (χ0n) is 12.5. The lowest BCUT2D eigenvalue weighted by Gasteiger charge is -2.21. The largest absolute Gasteiger partial charge is 0.235 e. The summed E-state index contributed by atoms with van der Waals surface area (Å²) in [5, 5.41) is 13.2. The molecule has 4 heteroatoms. The molecule has 0 radical (unpaired) electrons. The SMILES string of the molecule is CC1CCC/C(=C(\C#N)c2nc(-c3ccc(Cl)cc3)cs2)C1. The van der Waals surface area contributed by atoms with Crippen LogP contribution in [0.3, 0.4) is 0 Å². The molecule has 0 N–H and O–H groups in total. The normalized spacial score (nSPS) is 20.5. The molecule has 0 bridgehead atoms. The molecule has 1 aliphatic rings. The third-order valence-corrected chi connectivity index (χ3v) is 5.21. The van der Waals surface area contributed by atoms with Gasteiger partial charge in [-0.1, -0.05) is 37.1 Å². The number of allylic oxidation sites excluding steroid dienone is 2. The average Bonchev–Trinajstić information content (AvgIpc) is 2.98. The van der Waals surface area contributed by atoms with E-state index in [2.05, 4.69) is 18.0 Å². The van der Waals surface area contributed by atoms with Crippen LogP contribution in [0, 0.1) is 17.2 Å². The van der Waals surface area contributed by atoms with Crippen molar-refractivity contribution in [3.63, 3.8) is 0 Å². The molecule has 1 aromatic heterocycles. The summed E-state index contributed by atoms with van der Waals surface area (Å²) >= 11 is 7.48. The van der Waals surface area contributed by atoms with E-state index in [9.17, 15) is 5.26 Å². The lowest BCUT2D eigenvalue weighted by atomic mass is 9.84. The molecule has 22 heavy (non-hydrogen) atoms. The molecule has 0 amide bonds. The van der Waals surface area contributed by atoms with Gasteiger partial charge in [-0.25, -0.2) is 4.98 Å². The highest BCUT2D eigenvalue weighted by molar-refractivity contribution is 7.11. The molecule has 3 rings (SSSR count). The Balaban J connectivity index is 1.93. The topological polar surface area (TPSA) is 36.7 Å². The quantitative estimate of drug-likeness (QED) is 0.638. The molecule has 1 unspecified atom stereocenters. The van der Waals surface area contributed by atoms with Crippen molar-refractivity contribution in [1.82, 2.24) is 4.98 Å². The maximum atomic E-state index is 9.58. The molecule has 2 aromatic rings. The van der Waals surface area contributed by atoms with Gasteiger partial charge in [-0.15, -0.1) is 11.3 Å². The van der Waals surface area contributed by atoms with Crippen molar-refractivity contribution in [2.24, 2.45) is 5.92 Å². The molecular weight excluding hydrogens is 312 g/mol. The minimum Gasteiger partial charge on any atom is -0.235 e. The van der Waals surface area contributed by atoms with Gasteiger partial charge in [0.2, 0.25) is 0 Å². The van der Waals surface area contributed by atoms with Crippen LogP contribution in [0.25, 0.3) is 16.8 Å². The van der Waals surface area contributed by atoms with Gasteiger partial charge in [-0.2, -0.15) is 5.26 Å². The zero-order chi connectivity index (χ0) is 15.5. The zero-order valence-corrected chi connectivity index (χ0v) is 14.0. The molecule has 1 heterocycles. The first-order chi connectivity index (χ1) is 10.7. The highest BCUT2D eigenvalue weighted by Gasteiger charge is 2.19. The number of benzene rings is 1. The maximum absolute atomic E-state index is 9.58. The highest BCUT2D eigenvalue weighted by Crippen LogP contribution is 2.35. The fraction of sp³-hybridized carbons (Fsp3) is 0.333. The van der Waals surface area contributed by atoms with E-state index < -0.39 is 0 Å². The van der Waals surface area contributed by atoms with E-state index in [0.717, 1.165) is 39.7 Å². The Labute approximate surface area is 140 Å². The van der Waals surface area contributed by atoms with E-state index in [1.807, 2.05) is 29.6 Å². The summed E-state index contributed by atoms with van der Waals surface area (Å²) in [4.78, 5) is 4.68. The van der Waals surface area contributed by atoms with E-state index in [1.165, 1.54) is 18.4 Å². The van der Waals surface area contributed by atoms with Crippen LogP contribution in [-0.2, 0) is 0 Å². The second-order valence-corrected chi connectivity index (χ2v) is 7.13. The molecule has 0 spiro atoms. The van der Waals surface area contributed by atoms with E-state index >= 15 is 0 Å². The third-order valence-electron chi connectivity index (χ3n) is 4.09. The molecule has 1 aliphatic carbocycles. The van der Waals surface area contributed by atoms with E-state index in [1.54, 1.807) is 11.3 Å². The van der Waals surface area contributed by atoms with Crippen LogP contribution < -0.4 is 0 Å². The van der Waals surface area contributed by atoms with Gasteiger partial charge in [-0.3, -0.25) is 0 Å². The van der Waals surface area contributed by atoms with Crippen LogP contribution in [-0.4, -0.2) is 4.98 Å². The van der Waals surface area contributed by atoms with Crippen LogP contribution >= 0.6 is 22.9 Å². The van der Waals surface area contributed by atoms with Crippen molar-refractivity contribution in [2.45, 2.75) is 32.6 Å². The number of aromatic nitrogens is 1. The fourth-order valence-electron chi connectivity index (χ4n) is 2.94. The summed E-state index contributed by atoms with van der Waals surface area (Å²) in [6.07, 6.45) is 4.50. The van der Waals surface area contributed by atoms with Crippen molar-refractivity contribution in [2.75, 3.05) is 0 Å². The molecule has 2 nitrogen and oxygen atoms in total. The minimum atomic E-state index is 0.669. The van der Waals surface area contributed by atoms with E-state index in [4.69, 9.17) is 11.6 Å². The van der Waals surface area contributed by atoms with E-state index in [0.29, 0.717) is 5.92 Å². The number of thiazole rings is 1. The highest BCUT2D eigenvalue weighted by atomic mass is 35.5. The Morgan fingerprint density at radius 1 is 1.36 bits per heavy atom. The number of nitrogens with zero attached hydrogens (tertiary/aromatic N) is 2. The first-order valence-corrected chi connectivity index (χ1v) is 8.77. The van der Waals surface area contributed by atoms with Crippen molar-refractivity contribution < 1.29 is 0 Å². The van der Waals surface area contributed by atoms with Gasteiger partial charge in [0.1, 0.15) is 11.1 Å². The molecular formula is C18H17ClN2S. The van der Waals surface area contributed by atoms with Crippen LogP contribution in [0.4, 0.5) is 0 Å². The Bertz CT molecular complexity index is 737. The summed E-state index contributed by atoms with van der Waals surface area (Å²) in [7, 11) is 0. The number of hydrogen-bond acceptors (Lipinski definition) is 3. The molecule has 1 aromatic carbocycles. The summed E-state index contributed by atoms with van der Waals surface area (Å²) < 4.78 is 0. The number of nitriles is 1. The first-order valence-electron chi connectivity index (χ1n) is 7.51. The number of hydrogen-bond donors (Lipinski definition) is 0. The predicted octanol–water partition coefficient (Wildman–Crippen LogP) is 5.95. The van der Waals surface area contributed by atoms with Crippen LogP contribution in [0.15, 0.2) is 35.2 Å². The lowest BCUT2D eigenvalue weighted by molar-refractivity contribution is 0.454. The Kier molecular flexibility index (Phi) is 4.61. The van der Waals surface area contributed by atoms with Crippen molar-refractivity contribution in [3.05, 3.63) is 45.2 Å². The molecule has 112 valence electrons. The second kappa shape index (κ2) is 6.64. The molecule has 1 saturated carbocycles. The van der Waals surface area contributed by atoms with Gasteiger partial charge in [0.25, 0.3) is 0 Å². The molecule has 1 atom stereocenters. The van der Waals surface area contributed by atoms with Crippen molar-refractivity contribution in [1.29, 1.82) is 5.26 Å². The minimum absolute atomic E-state index is 0.669. The summed E-state index contributed by atoms with van der Waals surface area (Å²) in [6.45, 7) is 2.26. The van der Waals surface area contributed by atoms with Crippen LogP contribution in [0.2, 0.25) is 5.02 Å². The van der Waals surface area contributed by atoms with Crippen LogP contribution in [0.5, 0.6) is 0 Å². The van der Waals surface area contributed by atoms with Gasteiger partial charge in [-0.05, 0) is 42.9 Å². The van der Waals surface area contributed by atoms with Gasteiger partial charge >= 0.3 is 0 Å². The maximum Gasteiger partial charge on any atom is 0.134 e. The fourth-order valence-corrected chi connectivity index (χ4v) is 3.93. The summed E-state index contributed by atoms with van der Waals surface area (Å²) in [6, 6.07) is 10.0. The molecule has 0 aliphatic heterocycles. The Morgan fingerprint density at radius 3 is 2.82 bits per heavy atom. The van der Waals surface area contributed by atoms with Crippen LogP contribution in [0.1, 0.15) is 37.6 Å². The van der Waals surface area contributed by atoms with Gasteiger partial charge in [0.05, 0.1) is 11.3 Å². The summed E-state index contributed by atoms with van der Waals surface area (Å²) in [5.41, 5.74) is 4.01. The lowest BCUT2D eigenvalue weighted by Crippen LogP contribution is -2.06. The monoisotopic (exact) mass is 328 g/mol. The van der Waals surface area contributed by atoms with E-state index in [-0.39, 0.29) is 0 Å². The summed E-state index contributed by atoms with van der Waals surface area (Å²) in [5.74, 6) is 0.669. The predicted molar refractivity (Wildman–Crippen MR) is 92.7 cm³/mol. The van der Waals surface area contributed by atoms with Crippen molar-refractivity contribution in [3.8, 4) is 17.3 Å². The Hall–Kier alpha value is -1.63. The average molecular weight is 329 g/mol. The number of halogens is 1. The molecule has 0 saturated heterocycles. The van der Waals surface area contributed by atoms with Gasteiger partial charge in [0.15, 0.2) is 0 Å². The van der Waals surface area contributed by atoms with Gasteiger partial charge < -0.3 is 0 Å². The van der Waals surface area contributed by atoms with Crippen molar-refractivity contribution >= 4 is 28.5 Å². The standard InChI is InChI=1S/C18H17ClN2S/c1-12-3-2-4-14(9-12)16(10-20)18-21-17(11-22-18)13-5-7-15(19)8-6-13/h5-8,11-12H,2-4,9H2,1H3/b16-14-. The Morgan fingerprint density at radius 2 is 2.14 bits per heavy atom. The first kappa shape index (κ1) is 15.3. The molecule has 1 fully saturated rings. The van der Waals surface area contributed by atoms with Gasteiger partial charge in [0, 0.05) is 16.0 Å².